The van der Waals surface area contributed by atoms with Gasteiger partial charge in [-0.3, -0.25) is 0 Å². The van der Waals surface area contributed by atoms with Crippen molar-refractivity contribution in [2.75, 3.05) is 24.6 Å². The van der Waals surface area contributed by atoms with Crippen LogP contribution in [0.25, 0.3) is 0 Å². The Morgan fingerprint density at radius 2 is 1.22 bits per heavy atom. The molecule has 0 unspecified atom stereocenters. The molecule has 2 nitrogen and oxygen atoms in total. The van der Waals surface area contributed by atoms with Gasteiger partial charge in [-0.25, -0.2) is 0 Å². The van der Waals surface area contributed by atoms with E-state index < -0.39 is 6.83 Å². The van der Waals surface area contributed by atoms with Crippen LogP contribution in [0.4, 0.5) is 0 Å². The summed E-state index contributed by atoms with van der Waals surface area (Å²) in [5, 5.41) is 0. The number of carbonyl (C=O) groups is 1. The third-order valence-corrected chi connectivity index (χ3v) is 11.0. The van der Waals surface area contributed by atoms with E-state index in [0.717, 1.165) is 31.1 Å². The van der Waals surface area contributed by atoms with Gasteiger partial charge in [-0.1, -0.05) is 0 Å². The zero-order chi connectivity index (χ0) is 13.9. The van der Waals surface area contributed by atoms with Crippen LogP contribution in [0.5, 0.6) is 0 Å². The molecule has 0 aliphatic heterocycles. The molecule has 0 aromatic carbocycles. The zero-order valence-corrected chi connectivity index (χ0v) is 13.8. The van der Waals surface area contributed by atoms with Crippen molar-refractivity contribution in [1.82, 2.24) is 0 Å². The predicted molar refractivity (Wildman–Crippen MR) is 83.9 cm³/mol. The second-order valence-corrected chi connectivity index (χ2v) is 11.5. The fraction of sp³-hybridized carbons (Fsp3) is 0.933. The number of unbranched alkanes of at least 4 members (excludes halogenated alkanes) is 3. The van der Waals surface area contributed by atoms with Crippen molar-refractivity contribution in [2.45, 2.75) is 66.2 Å². The molecule has 0 saturated heterocycles. The van der Waals surface area contributed by atoms with Gasteiger partial charge in [0.05, 0.1) is 0 Å². The van der Waals surface area contributed by atoms with E-state index in [2.05, 4.69) is 27.7 Å². The first-order valence-corrected chi connectivity index (χ1v) is 10.6. The van der Waals surface area contributed by atoms with Gasteiger partial charge < -0.3 is 0 Å². The molecule has 0 fully saturated rings. The summed E-state index contributed by atoms with van der Waals surface area (Å²) in [6.07, 6.45) is 11.7. The van der Waals surface area contributed by atoms with Gasteiger partial charge in [0.2, 0.25) is 0 Å². The van der Waals surface area contributed by atoms with Crippen molar-refractivity contribution in [1.29, 1.82) is 0 Å². The van der Waals surface area contributed by atoms with Gasteiger partial charge in [0.25, 0.3) is 0 Å². The van der Waals surface area contributed by atoms with E-state index in [1.807, 2.05) is 0 Å². The minimum atomic E-state index is -2.23. The van der Waals surface area contributed by atoms with Gasteiger partial charge in [-0.15, -0.1) is 0 Å². The van der Waals surface area contributed by atoms with Gasteiger partial charge in [0, 0.05) is 0 Å². The SMILES string of the molecule is CCCCP(CC)(CCCC)(CCCC)OC=O. The summed E-state index contributed by atoms with van der Waals surface area (Å²) in [6, 6.07) is 0. The van der Waals surface area contributed by atoms with E-state index in [1.165, 1.54) is 38.5 Å². The molecule has 3 heteroatoms. The molecule has 0 aromatic rings. The minimum absolute atomic E-state index is 0.752. The van der Waals surface area contributed by atoms with Crippen LogP contribution in [0.3, 0.4) is 0 Å². The number of rotatable bonds is 12. The standard InChI is InChI=1S/C15H33O2P/c1-5-9-12-18(8-4,17-15-16,13-10-6-2)14-11-7-3/h15H,5-14H2,1-4H3. The Hall–Kier alpha value is -0.100. The first-order chi connectivity index (χ1) is 8.62. The molecule has 18 heavy (non-hydrogen) atoms. The molecular formula is C15H33O2P. The van der Waals surface area contributed by atoms with Crippen LogP contribution in [0.1, 0.15) is 66.2 Å². The molecular weight excluding hydrogens is 243 g/mol. The number of hydrogen-bond donors (Lipinski definition) is 0. The second-order valence-electron chi connectivity index (χ2n) is 5.61. The monoisotopic (exact) mass is 276 g/mol. The molecule has 0 spiro atoms. The second kappa shape index (κ2) is 8.91. The zero-order valence-electron chi connectivity index (χ0n) is 12.9. The van der Waals surface area contributed by atoms with Gasteiger partial charge in [-0.2, -0.15) is 0 Å². The van der Waals surface area contributed by atoms with Crippen molar-refractivity contribution in [2.24, 2.45) is 0 Å². The Morgan fingerprint density at radius 3 is 1.44 bits per heavy atom. The van der Waals surface area contributed by atoms with Crippen LogP contribution in [-0.4, -0.2) is 31.1 Å². The number of hydrogen-bond acceptors (Lipinski definition) is 2. The first-order valence-electron chi connectivity index (χ1n) is 7.75. The van der Waals surface area contributed by atoms with Crippen molar-refractivity contribution < 1.29 is 9.32 Å². The first kappa shape index (κ1) is 17.9. The molecule has 110 valence electrons. The summed E-state index contributed by atoms with van der Waals surface area (Å²) in [5.41, 5.74) is 0. The Labute approximate surface area is 114 Å². The average molecular weight is 276 g/mol. The van der Waals surface area contributed by atoms with Crippen molar-refractivity contribution in [3.05, 3.63) is 0 Å². The summed E-state index contributed by atoms with van der Waals surface area (Å²) in [4.78, 5) is 11.1. The Morgan fingerprint density at radius 1 is 0.833 bits per heavy atom. The molecule has 0 rings (SSSR count). The fourth-order valence-corrected chi connectivity index (χ4v) is 8.52. The van der Waals surface area contributed by atoms with E-state index in [-0.39, 0.29) is 0 Å². The summed E-state index contributed by atoms with van der Waals surface area (Å²) in [7, 11) is 0. The van der Waals surface area contributed by atoms with Gasteiger partial charge >= 0.3 is 113 Å². The molecule has 0 N–H and O–H groups in total. The Bertz CT molecular complexity index is 204. The molecule has 0 radical (unpaired) electrons. The summed E-state index contributed by atoms with van der Waals surface area (Å²) in [5.74, 6) is 0. The summed E-state index contributed by atoms with van der Waals surface area (Å²) >= 11 is 0. The molecule has 0 aliphatic rings. The van der Waals surface area contributed by atoms with Gasteiger partial charge in [0.1, 0.15) is 0 Å². The van der Waals surface area contributed by atoms with Crippen LogP contribution in [0, 0.1) is 0 Å². The molecule has 0 amide bonds. The maximum atomic E-state index is 11.1. The fourth-order valence-electron chi connectivity index (χ4n) is 2.84. The molecule has 0 aromatic heterocycles. The third kappa shape index (κ3) is 4.88. The maximum absolute atomic E-state index is 11.1. The molecule has 0 atom stereocenters. The van der Waals surface area contributed by atoms with Gasteiger partial charge in [0.15, 0.2) is 0 Å². The topological polar surface area (TPSA) is 26.3 Å². The molecule has 0 heterocycles. The van der Waals surface area contributed by atoms with Crippen molar-refractivity contribution in [3.8, 4) is 0 Å². The Balaban J connectivity index is 5.10. The van der Waals surface area contributed by atoms with E-state index in [4.69, 9.17) is 4.52 Å². The molecule has 0 saturated carbocycles. The van der Waals surface area contributed by atoms with E-state index in [0.29, 0.717) is 0 Å². The Kier molecular flexibility index (Phi) is 8.86. The van der Waals surface area contributed by atoms with E-state index >= 15 is 0 Å². The van der Waals surface area contributed by atoms with E-state index in [1.54, 1.807) is 0 Å². The third-order valence-electron chi connectivity index (χ3n) is 4.37. The van der Waals surface area contributed by atoms with Crippen LogP contribution in [-0.2, 0) is 9.32 Å². The summed E-state index contributed by atoms with van der Waals surface area (Å²) in [6.45, 7) is 7.43. The van der Waals surface area contributed by atoms with Crippen LogP contribution >= 0.6 is 6.83 Å². The van der Waals surface area contributed by atoms with Crippen LogP contribution in [0.15, 0.2) is 0 Å². The quantitative estimate of drug-likeness (QED) is 0.368. The van der Waals surface area contributed by atoms with Crippen molar-refractivity contribution >= 4 is 13.3 Å². The molecule has 0 aliphatic carbocycles. The predicted octanol–water partition coefficient (Wildman–Crippen LogP) is 5.05. The van der Waals surface area contributed by atoms with Crippen LogP contribution in [0.2, 0.25) is 0 Å². The van der Waals surface area contributed by atoms with Crippen molar-refractivity contribution in [3.63, 3.8) is 0 Å². The normalized spacial score (nSPS) is 13.9. The summed E-state index contributed by atoms with van der Waals surface area (Å²) < 4.78 is 5.92. The molecule has 0 bridgehead atoms. The van der Waals surface area contributed by atoms with Crippen LogP contribution < -0.4 is 0 Å². The number of carbonyl (C=O) groups excluding carboxylic acids is 1. The average Bonchev–Trinajstić information content (AvgIpc) is 2.41. The van der Waals surface area contributed by atoms with Gasteiger partial charge in [-0.05, 0) is 0 Å². The van der Waals surface area contributed by atoms with E-state index in [9.17, 15) is 4.79 Å².